The van der Waals surface area contributed by atoms with Gasteiger partial charge in [0.15, 0.2) is 5.78 Å². The molecule has 0 aromatic heterocycles. The Balaban J connectivity index is 0.000000423. The molecule has 0 N–H and O–H groups in total. The molecule has 5 heteroatoms. The van der Waals surface area contributed by atoms with Crippen LogP contribution >= 0.6 is 0 Å². The Morgan fingerprint density at radius 1 is 1.06 bits per heavy atom. The smallest absolute Gasteiger partial charge is 0.876 e. The molecule has 1 aliphatic heterocycles. The van der Waals surface area contributed by atoms with Crippen LogP contribution in [0.25, 0.3) is 10.8 Å². The van der Waals surface area contributed by atoms with Gasteiger partial charge >= 0.3 is 20.4 Å². The fourth-order valence-electron chi connectivity index (χ4n) is 3.65. The monoisotopic (exact) mass is 532 g/mol. The van der Waals surface area contributed by atoms with Gasteiger partial charge in [0.2, 0.25) is 0 Å². The summed E-state index contributed by atoms with van der Waals surface area (Å²) in [6.07, 6.45) is 1.06. The zero-order valence-corrected chi connectivity index (χ0v) is 21.3. The summed E-state index contributed by atoms with van der Waals surface area (Å²) in [5, 5.41) is 12.4. The van der Waals surface area contributed by atoms with E-state index in [1.54, 1.807) is 0 Å². The molecule has 0 saturated carbocycles. The molecule has 0 radical (unpaired) electrons. The maximum absolute atomic E-state index is 9.98. The van der Waals surface area contributed by atoms with Gasteiger partial charge in [0.25, 0.3) is 0 Å². The number of carbonyl (C=O) groups is 1. The number of fused-ring (bicyclic) bond motifs is 1. The van der Waals surface area contributed by atoms with Gasteiger partial charge < -0.3 is 15.0 Å². The van der Waals surface area contributed by atoms with Crippen LogP contribution in [0.5, 0.6) is 0 Å². The van der Waals surface area contributed by atoms with Crippen molar-refractivity contribution in [3.63, 3.8) is 0 Å². The van der Waals surface area contributed by atoms with Crippen molar-refractivity contribution in [3.8, 4) is 0 Å². The molecular weight excluding hydrogens is 503 g/mol. The second kappa shape index (κ2) is 11.4. The quantitative estimate of drug-likeness (QED) is 0.203. The van der Waals surface area contributed by atoms with Crippen LogP contribution in [0.15, 0.2) is 83.6 Å². The Kier molecular flexibility index (Phi) is 9.17. The first-order valence-corrected chi connectivity index (χ1v) is 10.8. The summed E-state index contributed by atoms with van der Waals surface area (Å²) in [7, 11) is 0. The van der Waals surface area contributed by atoms with Gasteiger partial charge in [-0.25, -0.2) is 0 Å². The molecule has 0 spiro atoms. The predicted octanol–water partition coefficient (Wildman–Crippen LogP) is 5.16. The molecule has 4 nitrogen and oxygen atoms in total. The van der Waals surface area contributed by atoms with E-state index in [4.69, 9.17) is 4.99 Å². The standard InChI is InChI=1S/C23H23N2.C5H8O2.Pd/c1-23(2,3)21-16-25(18-12-5-4-6-13-18)22(24-21)20-15-9-11-17-10-7-8-14-19(17)20;1-4(6)3-5(2)7;/h4-14,21H,16H2,1-3H3;3,6H,1-2H3;/q-1;;+2/p-1/b;4-3-;/t21-;;/m1../s1. The Hall–Kier alpha value is -2.74. The fourth-order valence-corrected chi connectivity index (χ4v) is 3.65. The summed E-state index contributed by atoms with van der Waals surface area (Å²) in [6.45, 7) is 10.4. The maximum Gasteiger partial charge on any atom is 2.00 e. The van der Waals surface area contributed by atoms with E-state index in [-0.39, 0.29) is 43.4 Å². The van der Waals surface area contributed by atoms with E-state index in [9.17, 15) is 9.90 Å². The summed E-state index contributed by atoms with van der Waals surface area (Å²) in [5.41, 5.74) is 2.40. The van der Waals surface area contributed by atoms with Crippen molar-refractivity contribution < 1.29 is 30.3 Å². The summed E-state index contributed by atoms with van der Waals surface area (Å²) in [4.78, 5) is 17.5. The van der Waals surface area contributed by atoms with Gasteiger partial charge in [-0.1, -0.05) is 75.5 Å². The molecule has 0 fully saturated rings. The zero-order valence-electron chi connectivity index (χ0n) is 19.7. The molecule has 1 aliphatic rings. The first kappa shape index (κ1) is 26.5. The molecule has 3 aromatic rings. The van der Waals surface area contributed by atoms with Gasteiger partial charge in [-0.15, -0.1) is 34.9 Å². The number of allylic oxidation sites excluding steroid dienone is 2. The second-order valence-corrected chi connectivity index (χ2v) is 9.09. The number of anilines is 1. The van der Waals surface area contributed by atoms with Gasteiger partial charge in [0.05, 0.1) is 11.9 Å². The van der Waals surface area contributed by atoms with Crippen LogP contribution in [0.4, 0.5) is 5.69 Å². The minimum Gasteiger partial charge on any atom is -0.876 e. The molecule has 1 atom stereocenters. The molecule has 0 bridgehead atoms. The van der Waals surface area contributed by atoms with E-state index in [1.165, 1.54) is 30.3 Å². The van der Waals surface area contributed by atoms with Gasteiger partial charge in [-0.05, 0) is 30.5 Å². The van der Waals surface area contributed by atoms with E-state index < -0.39 is 0 Å². The van der Waals surface area contributed by atoms with Crippen molar-refractivity contribution in [3.05, 3.63) is 90.2 Å². The van der Waals surface area contributed by atoms with Crippen molar-refractivity contribution in [2.24, 2.45) is 10.4 Å². The largest absolute Gasteiger partial charge is 2.00 e. The number of rotatable bonds is 3. The number of para-hydroxylation sites is 1. The molecule has 33 heavy (non-hydrogen) atoms. The van der Waals surface area contributed by atoms with Crippen molar-refractivity contribution in [2.45, 2.75) is 40.7 Å². The number of benzene rings is 3. The number of nitrogens with zero attached hydrogens (tertiary/aromatic N) is 2. The van der Waals surface area contributed by atoms with Crippen molar-refractivity contribution in [1.29, 1.82) is 0 Å². The van der Waals surface area contributed by atoms with Crippen molar-refractivity contribution >= 4 is 28.1 Å². The first-order valence-electron chi connectivity index (χ1n) is 10.8. The summed E-state index contributed by atoms with van der Waals surface area (Å²) in [5.74, 6) is 0.655. The SMILES string of the molecule is CC(=O)/C=C(/C)[O-].CC(C)(C)[C@H]1CN(c2ccccc2)C(c2[c-]ccc3ccccc23)=N1.[Pd+2]. The van der Waals surface area contributed by atoms with E-state index in [2.05, 4.69) is 92.4 Å². The minimum atomic E-state index is -0.187. The fraction of sp³-hybridized carbons (Fsp3) is 0.286. The number of ketones is 1. The summed E-state index contributed by atoms with van der Waals surface area (Å²) in [6, 6.07) is 26.9. The molecule has 0 saturated heterocycles. The average molecular weight is 533 g/mol. The number of carbonyl (C=O) groups excluding carboxylic acids is 1. The van der Waals surface area contributed by atoms with E-state index in [0.717, 1.165) is 24.0 Å². The third-order valence-electron chi connectivity index (χ3n) is 5.31. The molecule has 174 valence electrons. The Labute approximate surface area is 210 Å². The van der Waals surface area contributed by atoms with Crippen molar-refractivity contribution in [1.82, 2.24) is 0 Å². The number of aliphatic imine (C=N–C) groups is 1. The molecule has 0 unspecified atom stereocenters. The number of hydrogen-bond acceptors (Lipinski definition) is 4. The topological polar surface area (TPSA) is 55.7 Å². The third kappa shape index (κ3) is 6.87. The minimum absolute atomic E-state index is 0. The van der Waals surface area contributed by atoms with Gasteiger partial charge in [-0.2, -0.15) is 0 Å². The van der Waals surface area contributed by atoms with E-state index >= 15 is 0 Å². The van der Waals surface area contributed by atoms with Crippen LogP contribution in [-0.2, 0) is 25.2 Å². The molecule has 0 aliphatic carbocycles. The van der Waals surface area contributed by atoms with Crippen LogP contribution in [0.3, 0.4) is 0 Å². The van der Waals surface area contributed by atoms with Gasteiger partial charge in [0.1, 0.15) is 0 Å². The molecule has 4 rings (SSSR count). The average Bonchev–Trinajstić information content (AvgIpc) is 3.19. The van der Waals surface area contributed by atoms with E-state index in [0.29, 0.717) is 0 Å². The third-order valence-corrected chi connectivity index (χ3v) is 5.31. The molecule has 1 heterocycles. The normalized spacial score (nSPS) is 15.9. The Bertz CT molecular complexity index is 1140. The van der Waals surface area contributed by atoms with E-state index in [1.807, 2.05) is 6.07 Å². The number of amidine groups is 1. The van der Waals surface area contributed by atoms with Crippen LogP contribution < -0.4 is 10.0 Å². The number of hydrogen-bond donors (Lipinski definition) is 0. The zero-order chi connectivity index (χ0) is 23.3. The Morgan fingerprint density at radius 3 is 2.27 bits per heavy atom. The maximum atomic E-state index is 9.98. The van der Waals surface area contributed by atoms with Crippen LogP contribution in [0.1, 0.15) is 40.2 Å². The second-order valence-electron chi connectivity index (χ2n) is 9.09. The first-order chi connectivity index (χ1) is 15.2. The van der Waals surface area contributed by atoms with Gasteiger partial charge in [-0.3, -0.25) is 4.79 Å². The van der Waals surface area contributed by atoms with Gasteiger partial charge in [0, 0.05) is 12.2 Å². The van der Waals surface area contributed by atoms with Crippen LogP contribution in [0.2, 0.25) is 0 Å². The molecule has 3 aromatic carbocycles. The summed E-state index contributed by atoms with van der Waals surface area (Å²) >= 11 is 0. The Morgan fingerprint density at radius 2 is 1.70 bits per heavy atom. The summed E-state index contributed by atoms with van der Waals surface area (Å²) < 4.78 is 0. The van der Waals surface area contributed by atoms with Crippen LogP contribution in [-0.4, -0.2) is 24.2 Å². The van der Waals surface area contributed by atoms with Crippen molar-refractivity contribution in [2.75, 3.05) is 11.4 Å². The van der Waals surface area contributed by atoms with Crippen LogP contribution in [0, 0.1) is 11.5 Å². The predicted molar refractivity (Wildman–Crippen MR) is 131 cm³/mol. The molecular formula is C28H30N2O2Pd. The molecule has 0 amide bonds.